The molecule has 0 radical (unpaired) electrons. The van der Waals surface area contributed by atoms with Crippen LogP contribution in [0.2, 0.25) is 0 Å². The Labute approximate surface area is 160 Å². The molecule has 0 atom stereocenters. The fourth-order valence-electron chi connectivity index (χ4n) is 3.13. The van der Waals surface area contributed by atoms with Crippen LogP contribution in [0.25, 0.3) is 5.57 Å². The van der Waals surface area contributed by atoms with Crippen molar-refractivity contribution >= 4 is 17.4 Å². The highest BCUT2D eigenvalue weighted by molar-refractivity contribution is 6.07. The van der Waals surface area contributed by atoms with Crippen LogP contribution in [0, 0.1) is 5.82 Å². The molecule has 5 heteroatoms. The van der Waals surface area contributed by atoms with Crippen molar-refractivity contribution in [1.29, 1.82) is 0 Å². The Morgan fingerprint density at radius 3 is 2.37 bits per heavy atom. The fraction of sp³-hybridized carbons (Fsp3) is 0.455. The van der Waals surface area contributed by atoms with Gasteiger partial charge >= 0.3 is 5.97 Å². The number of nitrogens with one attached hydrogen (secondary N) is 1. The second-order valence-corrected chi connectivity index (χ2v) is 6.82. The van der Waals surface area contributed by atoms with Gasteiger partial charge < -0.3 is 10.1 Å². The maximum Gasteiger partial charge on any atom is 0.341 e. The zero-order valence-electron chi connectivity index (χ0n) is 16.0. The number of amides is 1. The van der Waals surface area contributed by atoms with Gasteiger partial charge in [0.05, 0.1) is 12.1 Å². The first kappa shape index (κ1) is 20.9. The first-order valence-corrected chi connectivity index (χ1v) is 9.70. The quantitative estimate of drug-likeness (QED) is 0.443. The van der Waals surface area contributed by atoms with E-state index in [1.54, 1.807) is 12.1 Å². The summed E-state index contributed by atoms with van der Waals surface area (Å²) >= 11 is 0. The molecule has 4 nitrogen and oxygen atoms in total. The highest BCUT2D eigenvalue weighted by atomic mass is 19.1. The van der Waals surface area contributed by atoms with Crippen LogP contribution >= 0.6 is 0 Å². The molecule has 1 aliphatic rings. The lowest BCUT2D eigenvalue weighted by Gasteiger charge is -2.07. The molecule has 1 heterocycles. The number of benzene rings is 1. The Balaban J connectivity index is 1.85. The molecule has 0 aromatic heterocycles. The summed E-state index contributed by atoms with van der Waals surface area (Å²) in [6.45, 7) is 6.02. The number of unbranched alkanes of at least 4 members (excludes halogenated alkanes) is 6. The highest BCUT2D eigenvalue weighted by Crippen LogP contribution is 2.33. The molecular formula is C22H28FNO3. The van der Waals surface area contributed by atoms with Crippen LogP contribution in [0.5, 0.6) is 0 Å². The predicted octanol–water partition coefficient (Wildman–Crippen LogP) is 4.91. The lowest BCUT2D eigenvalue weighted by atomic mass is 10.00. The minimum atomic E-state index is -0.518. The van der Waals surface area contributed by atoms with E-state index in [1.807, 2.05) is 0 Å². The predicted molar refractivity (Wildman–Crippen MR) is 104 cm³/mol. The summed E-state index contributed by atoms with van der Waals surface area (Å²) in [6, 6.07) is 5.76. The van der Waals surface area contributed by atoms with Crippen molar-refractivity contribution in [2.45, 2.75) is 58.3 Å². The molecule has 1 N–H and O–H groups in total. The van der Waals surface area contributed by atoms with E-state index < -0.39 is 5.97 Å². The second kappa shape index (κ2) is 10.7. The number of halogens is 1. The molecule has 0 aliphatic carbocycles. The van der Waals surface area contributed by atoms with Crippen LogP contribution in [0.4, 0.5) is 4.39 Å². The number of hydrogen-bond acceptors (Lipinski definition) is 3. The van der Waals surface area contributed by atoms with E-state index in [2.05, 4.69) is 18.8 Å². The topological polar surface area (TPSA) is 55.4 Å². The van der Waals surface area contributed by atoms with Gasteiger partial charge in [-0.2, -0.15) is 0 Å². The number of allylic oxidation sites excluding steroid dienone is 1. The third kappa shape index (κ3) is 6.35. The van der Waals surface area contributed by atoms with Crippen molar-refractivity contribution in [2.75, 3.05) is 6.54 Å². The smallest absolute Gasteiger partial charge is 0.341 e. The van der Waals surface area contributed by atoms with Crippen LogP contribution < -0.4 is 5.32 Å². The Morgan fingerprint density at radius 1 is 1.07 bits per heavy atom. The number of carbonyl (C=O) groups is 2. The van der Waals surface area contributed by atoms with Crippen molar-refractivity contribution < 1.29 is 18.7 Å². The van der Waals surface area contributed by atoms with Crippen LogP contribution in [-0.4, -0.2) is 18.4 Å². The van der Waals surface area contributed by atoms with Gasteiger partial charge in [0.2, 0.25) is 5.91 Å². The minimum Gasteiger partial charge on any atom is -0.423 e. The monoisotopic (exact) mass is 373 g/mol. The minimum absolute atomic E-state index is 0.0832. The van der Waals surface area contributed by atoms with Crippen LogP contribution in [-0.2, 0) is 14.3 Å². The largest absolute Gasteiger partial charge is 0.423 e. The number of hydrogen-bond donors (Lipinski definition) is 1. The summed E-state index contributed by atoms with van der Waals surface area (Å²) in [5, 5.41) is 2.79. The summed E-state index contributed by atoms with van der Waals surface area (Å²) in [5.74, 6) is -0.738. The molecule has 0 saturated heterocycles. The molecule has 0 fully saturated rings. The normalized spacial score (nSPS) is 13.9. The van der Waals surface area contributed by atoms with E-state index in [4.69, 9.17) is 4.74 Å². The Hall–Kier alpha value is -2.43. The lowest BCUT2D eigenvalue weighted by Crippen LogP contribution is -2.27. The summed E-state index contributed by atoms with van der Waals surface area (Å²) in [4.78, 5) is 24.1. The zero-order chi connectivity index (χ0) is 19.6. The first-order chi connectivity index (χ1) is 13.0. The van der Waals surface area contributed by atoms with E-state index in [9.17, 15) is 14.0 Å². The van der Waals surface area contributed by atoms with Gasteiger partial charge in [0.1, 0.15) is 11.6 Å². The molecule has 0 saturated carbocycles. The van der Waals surface area contributed by atoms with Gasteiger partial charge in [-0.1, -0.05) is 64.2 Å². The fourth-order valence-corrected chi connectivity index (χ4v) is 3.13. The maximum absolute atomic E-state index is 13.1. The van der Waals surface area contributed by atoms with Crippen LogP contribution in [0.1, 0.15) is 63.9 Å². The molecular weight excluding hydrogens is 345 g/mol. The van der Waals surface area contributed by atoms with Gasteiger partial charge in [-0.05, 0) is 24.1 Å². The Morgan fingerprint density at radius 2 is 1.70 bits per heavy atom. The number of ether oxygens (including phenoxy) is 1. The van der Waals surface area contributed by atoms with E-state index in [-0.39, 0.29) is 24.0 Å². The average molecular weight is 373 g/mol. The van der Waals surface area contributed by atoms with Crippen molar-refractivity contribution in [2.24, 2.45) is 0 Å². The van der Waals surface area contributed by atoms with Crippen molar-refractivity contribution in [3.05, 3.63) is 53.6 Å². The molecule has 1 aromatic carbocycles. The number of rotatable bonds is 11. The van der Waals surface area contributed by atoms with Crippen LogP contribution in [0.3, 0.4) is 0 Å². The molecule has 0 bridgehead atoms. The Kier molecular flexibility index (Phi) is 8.24. The Bertz CT molecular complexity index is 707. The van der Waals surface area contributed by atoms with Gasteiger partial charge in [-0.15, -0.1) is 0 Å². The average Bonchev–Trinajstić information content (AvgIpc) is 2.93. The van der Waals surface area contributed by atoms with Crippen molar-refractivity contribution in [3.63, 3.8) is 0 Å². The van der Waals surface area contributed by atoms with E-state index in [0.29, 0.717) is 23.1 Å². The van der Waals surface area contributed by atoms with E-state index >= 15 is 0 Å². The van der Waals surface area contributed by atoms with Crippen molar-refractivity contribution in [1.82, 2.24) is 5.32 Å². The molecule has 1 aromatic rings. The highest BCUT2D eigenvalue weighted by Gasteiger charge is 2.29. The van der Waals surface area contributed by atoms with Gasteiger partial charge in [-0.25, -0.2) is 9.18 Å². The number of cyclic esters (lactones) is 1. The zero-order valence-corrected chi connectivity index (χ0v) is 16.0. The number of esters is 1. The van der Waals surface area contributed by atoms with Gasteiger partial charge in [0.25, 0.3) is 0 Å². The molecule has 2 rings (SSSR count). The molecule has 1 amide bonds. The van der Waals surface area contributed by atoms with E-state index in [0.717, 1.165) is 19.3 Å². The summed E-state index contributed by atoms with van der Waals surface area (Å²) in [7, 11) is 0. The summed E-state index contributed by atoms with van der Waals surface area (Å²) in [6.07, 6.45) is 8.47. The number of carbonyl (C=O) groups excluding carboxylic acids is 2. The molecule has 0 unspecified atom stereocenters. The third-order valence-corrected chi connectivity index (χ3v) is 4.65. The van der Waals surface area contributed by atoms with Gasteiger partial charge in [0, 0.05) is 12.0 Å². The third-order valence-electron chi connectivity index (χ3n) is 4.65. The first-order valence-electron chi connectivity index (χ1n) is 9.70. The van der Waals surface area contributed by atoms with Gasteiger partial charge in [0.15, 0.2) is 0 Å². The maximum atomic E-state index is 13.1. The van der Waals surface area contributed by atoms with Crippen molar-refractivity contribution in [3.8, 4) is 0 Å². The summed E-state index contributed by atoms with van der Waals surface area (Å²) in [5.41, 5.74) is 1.51. The molecule has 1 aliphatic heterocycles. The molecule has 146 valence electrons. The lowest BCUT2D eigenvalue weighted by molar-refractivity contribution is -0.133. The summed E-state index contributed by atoms with van der Waals surface area (Å²) < 4.78 is 18.2. The SMILES string of the molecule is C=C1OC(=O)C(CNC(=O)CCCCCCCCC)=C1c1ccc(F)cc1. The van der Waals surface area contributed by atoms with Gasteiger partial charge in [-0.3, -0.25) is 4.79 Å². The molecule has 0 spiro atoms. The van der Waals surface area contributed by atoms with Crippen LogP contribution in [0.15, 0.2) is 42.2 Å². The molecule has 27 heavy (non-hydrogen) atoms. The second-order valence-electron chi connectivity index (χ2n) is 6.82. The van der Waals surface area contributed by atoms with E-state index in [1.165, 1.54) is 37.8 Å². The standard InChI is InChI=1S/C22H28FNO3/c1-3-4-5-6-7-8-9-10-20(25)24-15-19-21(16(2)27-22(19)26)17-11-13-18(23)14-12-17/h11-14H,2-10,15H2,1H3,(H,24,25).